The summed E-state index contributed by atoms with van der Waals surface area (Å²) in [6.45, 7) is 1.85. The first-order valence-corrected chi connectivity index (χ1v) is 6.75. The largest absolute Gasteiger partial charge is 0.462 e. The Kier molecular flexibility index (Phi) is 5.03. The fraction of sp³-hybridized carbons (Fsp3) is 0.125. The summed E-state index contributed by atoms with van der Waals surface area (Å²) in [4.78, 5) is 34.1. The molecule has 0 radical (unpaired) electrons. The van der Waals surface area contributed by atoms with Crippen LogP contribution in [-0.2, 0) is 4.74 Å². The van der Waals surface area contributed by atoms with Crippen LogP contribution >= 0.6 is 0 Å². The van der Waals surface area contributed by atoms with E-state index in [1.807, 2.05) is 0 Å². The highest BCUT2D eigenvalue weighted by Crippen LogP contribution is 2.19. The van der Waals surface area contributed by atoms with Crippen molar-refractivity contribution in [3.05, 3.63) is 69.8 Å². The van der Waals surface area contributed by atoms with Crippen molar-refractivity contribution in [2.75, 3.05) is 6.61 Å². The lowest BCUT2D eigenvalue weighted by atomic mass is 10.1. The van der Waals surface area contributed by atoms with Crippen molar-refractivity contribution in [1.29, 1.82) is 0 Å². The Morgan fingerprint density at radius 1 is 1.00 bits per heavy atom. The summed E-state index contributed by atoms with van der Waals surface area (Å²) in [7, 11) is 0. The van der Waals surface area contributed by atoms with Gasteiger partial charge >= 0.3 is 11.9 Å². The van der Waals surface area contributed by atoms with E-state index >= 15 is 0 Å². The zero-order valence-electron chi connectivity index (χ0n) is 12.2. The maximum Gasteiger partial charge on any atom is 0.344 e. The number of nitro benzene ring substituents is 1. The zero-order chi connectivity index (χ0) is 16.8. The number of carbonyl (C=O) groups is 2. The molecule has 0 bridgehead atoms. The molecule has 0 spiro atoms. The Bertz CT molecular complexity index is 738. The second-order valence-electron chi connectivity index (χ2n) is 4.41. The van der Waals surface area contributed by atoms with Crippen LogP contribution in [-0.4, -0.2) is 23.5 Å². The third kappa shape index (κ3) is 3.91. The second-order valence-corrected chi connectivity index (χ2v) is 4.41. The maximum atomic E-state index is 12.2. The molecule has 23 heavy (non-hydrogen) atoms. The van der Waals surface area contributed by atoms with E-state index in [0.29, 0.717) is 0 Å². The van der Waals surface area contributed by atoms with E-state index in [1.54, 1.807) is 19.1 Å². The average molecular weight is 315 g/mol. The predicted octanol–water partition coefficient (Wildman–Crippen LogP) is 2.99. The first-order valence-electron chi connectivity index (χ1n) is 6.75. The molecule has 0 amide bonds. The molecule has 0 aliphatic carbocycles. The molecule has 0 atom stereocenters. The Morgan fingerprint density at radius 2 is 1.57 bits per heavy atom. The highest BCUT2D eigenvalue weighted by Gasteiger charge is 2.19. The predicted molar refractivity (Wildman–Crippen MR) is 80.5 cm³/mol. The van der Waals surface area contributed by atoms with Crippen LogP contribution in [0.3, 0.4) is 0 Å². The van der Waals surface area contributed by atoms with Crippen molar-refractivity contribution in [1.82, 2.24) is 0 Å². The Hall–Kier alpha value is -3.22. The van der Waals surface area contributed by atoms with Gasteiger partial charge in [-0.3, -0.25) is 10.1 Å². The van der Waals surface area contributed by atoms with Gasteiger partial charge in [-0.15, -0.1) is 0 Å². The van der Waals surface area contributed by atoms with E-state index in [1.165, 1.54) is 36.4 Å². The monoisotopic (exact) mass is 315 g/mol. The van der Waals surface area contributed by atoms with Crippen LogP contribution in [0.15, 0.2) is 48.5 Å². The molecule has 2 aromatic carbocycles. The molecule has 7 nitrogen and oxygen atoms in total. The van der Waals surface area contributed by atoms with Gasteiger partial charge in [-0.2, -0.15) is 0 Å². The molecule has 0 aliphatic heterocycles. The van der Waals surface area contributed by atoms with Crippen LogP contribution in [0, 0.1) is 10.1 Å². The van der Waals surface area contributed by atoms with Gasteiger partial charge in [-0.1, -0.05) is 12.1 Å². The van der Waals surface area contributed by atoms with Gasteiger partial charge in [0.15, 0.2) is 0 Å². The number of nitrogens with zero attached hydrogens (tertiary/aromatic N) is 1. The van der Waals surface area contributed by atoms with Gasteiger partial charge in [0.05, 0.1) is 22.7 Å². The van der Waals surface area contributed by atoms with E-state index in [0.717, 1.165) is 0 Å². The lowest BCUT2D eigenvalue weighted by Gasteiger charge is -2.08. The fourth-order valence-corrected chi connectivity index (χ4v) is 1.85. The molecule has 0 unspecified atom stereocenters. The SMILES string of the molecule is CCOC(=O)c1ccccc1C(=O)Oc1ccc([N+](=O)[O-])cc1. The lowest BCUT2D eigenvalue weighted by molar-refractivity contribution is -0.384. The summed E-state index contributed by atoms with van der Waals surface area (Å²) in [5.41, 5.74) is 0.0438. The maximum absolute atomic E-state index is 12.2. The molecule has 0 saturated heterocycles. The smallest absolute Gasteiger partial charge is 0.344 e. The standard InChI is InChI=1S/C16H13NO6/c1-2-22-15(18)13-5-3-4-6-14(13)16(19)23-12-9-7-11(8-10-12)17(20)21/h3-10H,2H2,1H3. The molecule has 0 heterocycles. The average Bonchev–Trinajstić information content (AvgIpc) is 2.55. The topological polar surface area (TPSA) is 95.7 Å². The molecule has 0 aromatic heterocycles. The first-order chi connectivity index (χ1) is 11.0. The van der Waals surface area contributed by atoms with E-state index in [4.69, 9.17) is 9.47 Å². The van der Waals surface area contributed by atoms with Crippen LogP contribution in [0.2, 0.25) is 0 Å². The normalized spacial score (nSPS) is 9.96. The van der Waals surface area contributed by atoms with Gasteiger partial charge in [0, 0.05) is 12.1 Å². The summed E-state index contributed by atoms with van der Waals surface area (Å²) in [6.07, 6.45) is 0. The van der Waals surface area contributed by atoms with Crippen LogP contribution < -0.4 is 4.74 Å². The second kappa shape index (κ2) is 7.17. The number of carbonyl (C=O) groups excluding carboxylic acids is 2. The number of rotatable bonds is 5. The van der Waals surface area contributed by atoms with Crippen molar-refractivity contribution in [2.24, 2.45) is 0 Å². The number of esters is 2. The van der Waals surface area contributed by atoms with Crippen molar-refractivity contribution in [3.8, 4) is 5.75 Å². The van der Waals surface area contributed by atoms with Crippen molar-refractivity contribution in [3.63, 3.8) is 0 Å². The number of hydrogen-bond acceptors (Lipinski definition) is 6. The Labute approximate surface area is 131 Å². The van der Waals surface area contributed by atoms with Gasteiger partial charge in [0.1, 0.15) is 5.75 Å². The van der Waals surface area contributed by atoms with E-state index < -0.39 is 16.9 Å². The Morgan fingerprint density at radius 3 is 2.09 bits per heavy atom. The first kappa shape index (κ1) is 16.2. The number of hydrogen-bond donors (Lipinski definition) is 0. The third-order valence-corrected chi connectivity index (χ3v) is 2.90. The van der Waals surface area contributed by atoms with Gasteiger partial charge in [0.2, 0.25) is 0 Å². The third-order valence-electron chi connectivity index (χ3n) is 2.90. The van der Waals surface area contributed by atoms with Crippen LogP contribution in [0.1, 0.15) is 27.6 Å². The fourth-order valence-electron chi connectivity index (χ4n) is 1.85. The molecule has 0 fully saturated rings. The van der Waals surface area contributed by atoms with E-state index in [-0.39, 0.29) is 29.2 Å². The number of nitro groups is 1. The summed E-state index contributed by atoms with van der Waals surface area (Å²) in [6, 6.07) is 11.2. The minimum Gasteiger partial charge on any atom is -0.462 e. The summed E-state index contributed by atoms with van der Waals surface area (Å²) in [5, 5.41) is 10.6. The molecule has 2 rings (SSSR count). The quantitative estimate of drug-likeness (QED) is 0.364. The Balaban J connectivity index is 2.21. The lowest BCUT2D eigenvalue weighted by Crippen LogP contribution is -2.15. The molecule has 118 valence electrons. The summed E-state index contributed by atoms with van der Waals surface area (Å²) >= 11 is 0. The van der Waals surface area contributed by atoms with Gasteiger partial charge in [0.25, 0.3) is 5.69 Å². The highest BCUT2D eigenvalue weighted by molar-refractivity contribution is 6.03. The van der Waals surface area contributed by atoms with Crippen LogP contribution in [0.5, 0.6) is 5.75 Å². The van der Waals surface area contributed by atoms with Crippen LogP contribution in [0.4, 0.5) is 5.69 Å². The van der Waals surface area contributed by atoms with Crippen molar-refractivity contribution < 1.29 is 24.0 Å². The van der Waals surface area contributed by atoms with E-state index in [9.17, 15) is 19.7 Å². The minimum absolute atomic E-state index is 0.0595. The van der Waals surface area contributed by atoms with E-state index in [2.05, 4.69) is 0 Å². The highest BCUT2D eigenvalue weighted by atomic mass is 16.6. The molecule has 0 aliphatic rings. The molecular formula is C16H13NO6. The van der Waals surface area contributed by atoms with Gasteiger partial charge in [-0.25, -0.2) is 9.59 Å². The van der Waals surface area contributed by atoms with Gasteiger partial charge in [-0.05, 0) is 31.2 Å². The molecule has 0 N–H and O–H groups in total. The number of ether oxygens (including phenoxy) is 2. The number of benzene rings is 2. The summed E-state index contributed by atoms with van der Waals surface area (Å²) in [5.74, 6) is -1.23. The minimum atomic E-state index is -0.748. The molecule has 7 heteroatoms. The zero-order valence-corrected chi connectivity index (χ0v) is 12.2. The summed E-state index contributed by atoms with van der Waals surface area (Å²) < 4.78 is 10.0. The molecular weight excluding hydrogens is 302 g/mol. The van der Waals surface area contributed by atoms with Crippen LogP contribution in [0.25, 0.3) is 0 Å². The number of non-ortho nitro benzene ring substituents is 1. The van der Waals surface area contributed by atoms with Gasteiger partial charge < -0.3 is 9.47 Å². The molecule has 0 saturated carbocycles. The molecule has 2 aromatic rings. The van der Waals surface area contributed by atoms with Crippen molar-refractivity contribution in [2.45, 2.75) is 6.92 Å². The van der Waals surface area contributed by atoms with Crippen molar-refractivity contribution >= 4 is 17.6 Å².